The Kier molecular flexibility index (Phi) is 5.70. The minimum Gasteiger partial charge on any atom is -0.465 e. The highest BCUT2D eigenvalue weighted by atomic mass is 32.2. The second-order valence-electron chi connectivity index (χ2n) is 5.83. The molecule has 2 heterocycles. The van der Waals surface area contributed by atoms with Crippen LogP contribution < -0.4 is 0 Å². The van der Waals surface area contributed by atoms with Gasteiger partial charge in [0.2, 0.25) is 15.9 Å². The number of hydrogen-bond acceptors (Lipinski definition) is 4. The van der Waals surface area contributed by atoms with Crippen molar-refractivity contribution >= 4 is 28.1 Å². The molecule has 0 saturated carbocycles. The van der Waals surface area contributed by atoms with E-state index >= 15 is 0 Å². The van der Waals surface area contributed by atoms with Gasteiger partial charge in [-0.05, 0) is 29.8 Å². The summed E-state index contributed by atoms with van der Waals surface area (Å²) in [5, 5.41) is 1.22. The quantitative estimate of drug-likeness (QED) is 0.756. The van der Waals surface area contributed by atoms with Crippen LogP contribution in [0.15, 0.2) is 64.6 Å². The van der Waals surface area contributed by atoms with E-state index in [1.54, 1.807) is 29.2 Å². The molecule has 1 fully saturated rings. The third-order valence-corrected chi connectivity index (χ3v) is 5.64. The predicted molar refractivity (Wildman–Crippen MR) is 100 cm³/mol. The molecule has 26 heavy (non-hydrogen) atoms. The highest BCUT2D eigenvalue weighted by Crippen LogP contribution is 2.12. The summed E-state index contributed by atoms with van der Waals surface area (Å²) in [6.45, 7) is 1.28. The number of furan rings is 1. The highest BCUT2D eigenvalue weighted by molar-refractivity contribution is 7.92. The van der Waals surface area contributed by atoms with E-state index in [1.807, 2.05) is 30.3 Å². The average Bonchev–Trinajstić information content (AvgIpc) is 3.19. The van der Waals surface area contributed by atoms with Gasteiger partial charge < -0.3 is 9.32 Å². The molecule has 7 heteroatoms. The number of carbonyl (C=O) groups excluding carboxylic acids is 1. The zero-order valence-corrected chi connectivity index (χ0v) is 15.0. The van der Waals surface area contributed by atoms with E-state index in [-0.39, 0.29) is 19.0 Å². The van der Waals surface area contributed by atoms with Gasteiger partial charge in [0.25, 0.3) is 0 Å². The van der Waals surface area contributed by atoms with Crippen LogP contribution in [0.3, 0.4) is 0 Å². The molecule has 6 nitrogen and oxygen atoms in total. The maximum absolute atomic E-state index is 12.4. The monoisotopic (exact) mass is 372 g/mol. The molecule has 3 rings (SSSR count). The van der Waals surface area contributed by atoms with E-state index in [9.17, 15) is 13.2 Å². The molecule has 0 N–H and O–H groups in total. The first-order valence-electron chi connectivity index (χ1n) is 8.28. The molecule has 1 aromatic carbocycles. The van der Waals surface area contributed by atoms with Crippen molar-refractivity contribution in [3.05, 3.63) is 71.5 Å². The number of rotatable bonds is 5. The van der Waals surface area contributed by atoms with Gasteiger partial charge in [0.15, 0.2) is 0 Å². The molecule has 0 spiro atoms. The van der Waals surface area contributed by atoms with Crippen LogP contribution in [-0.2, 0) is 14.8 Å². The standard InChI is InChI=1S/C19H20N2O4S/c22-19(9-8-18-7-4-15-25-18)20-11-13-21(14-12-20)26(23,24)16-10-17-5-2-1-3-6-17/h1-10,15-16H,11-14H2/b9-8+,16-10+. The average molecular weight is 372 g/mol. The molecule has 1 aromatic heterocycles. The first-order chi connectivity index (χ1) is 12.5. The third-order valence-electron chi connectivity index (χ3n) is 4.08. The summed E-state index contributed by atoms with van der Waals surface area (Å²) >= 11 is 0. The third kappa shape index (κ3) is 4.71. The molecule has 1 saturated heterocycles. The molecule has 1 amide bonds. The lowest BCUT2D eigenvalue weighted by molar-refractivity contribution is -0.127. The van der Waals surface area contributed by atoms with E-state index in [1.165, 1.54) is 22.1 Å². The Hall–Kier alpha value is -2.64. The van der Waals surface area contributed by atoms with Crippen molar-refractivity contribution in [1.29, 1.82) is 0 Å². The Labute approximate surface area is 153 Å². The molecule has 0 bridgehead atoms. The Balaban J connectivity index is 1.55. The molecular formula is C19H20N2O4S. The lowest BCUT2D eigenvalue weighted by Crippen LogP contribution is -2.49. The van der Waals surface area contributed by atoms with E-state index in [2.05, 4.69) is 0 Å². The molecule has 136 valence electrons. The van der Waals surface area contributed by atoms with Gasteiger partial charge in [-0.3, -0.25) is 4.79 Å². The largest absolute Gasteiger partial charge is 0.465 e. The van der Waals surface area contributed by atoms with Crippen molar-refractivity contribution in [3.63, 3.8) is 0 Å². The molecule has 0 aliphatic carbocycles. The zero-order valence-electron chi connectivity index (χ0n) is 14.2. The van der Waals surface area contributed by atoms with Crippen LogP contribution in [0.5, 0.6) is 0 Å². The molecule has 0 atom stereocenters. The Morgan fingerprint density at radius 2 is 1.69 bits per heavy atom. The summed E-state index contributed by atoms with van der Waals surface area (Å²) in [4.78, 5) is 13.8. The molecule has 0 unspecified atom stereocenters. The van der Waals surface area contributed by atoms with Gasteiger partial charge in [0, 0.05) is 37.7 Å². The SMILES string of the molecule is O=C(/C=C/c1ccco1)N1CCN(S(=O)(=O)/C=C/c2ccccc2)CC1. The maximum atomic E-state index is 12.4. The molecule has 1 aliphatic rings. The summed E-state index contributed by atoms with van der Waals surface area (Å²) < 4.78 is 31.4. The first kappa shape index (κ1) is 18.2. The predicted octanol–water partition coefficient (Wildman–Crippen LogP) is 2.44. The number of amides is 1. The van der Waals surface area contributed by atoms with E-state index in [4.69, 9.17) is 4.42 Å². The lowest BCUT2D eigenvalue weighted by Gasteiger charge is -2.32. The number of sulfonamides is 1. The van der Waals surface area contributed by atoms with Crippen molar-refractivity contribution in [1.82, 2.24) is 9.21 Å². The second-order valence-corrected chi connectivity index (χ2v) is 7.65. The summed E-state index contributed by atoms with van der Waals surface area (Å²) in [7, 11) is -3.50. The number of benzene rings is 1. The summed E-state index contributed by atoms with van der Waals surface area (Å²) in [5.41, 5.74) is 0.827. The Morgan fingerprint density at radius 3 is 2.35 bits per heavy atom. The highest BCUT2D eigenvalue weighted by Gasteiger charge is 2.26. The Morgan fingerprint density at radius 1 is 0.962 bits per heavy atom. The molecule has 1 aliphatic heterocycles. The van der Waals surface area contributed by atoms with Crippen LogP contribution in [-0.4, -0.2) is 49.7 Å². The fourth-order valence-corrected chi connectivity index (χ4v) is 3.80. The number of nitrogens with zero attached hydrogens (tertiary/aromatic N) is 2. The normalized spacial score (nSPS) is 16.5. The van der Waals surface area contributed by atoms with Gasteiger partial charge in [-0.2, -0.15) is 4.31 Å². The molecule has 2 aromatic rings. The van der Waals surface area contributed by atoms with Crippen molar-refractivity contribution in [3.8, 4) is 0 Å². The molecular weight excluding hydrogens is 352 g/mol. The van der Waals surface area contributed by atoms with Gasteiger partial charge >= 0.3 is 0 Å². The number of piperazine rings is 1. The first-order valence-corrected chi connectivity index (χ1v) is 9.79. The minimum atomic E-state index is -3.50. The van der Waals surface area contributed by atoms with Crippen LogP contribution in [0.4, 0.5) is 0 Å². The van der Waals surface area contributed by atoms with E-state index in [0.717, 1.165) is 5.56 Å². The van der Waals surface area contributed by atoms with Crippen molar-refractivity contribution < 1.29 is 17.6 Å². The summed E-state index contributed by atoms with van der Waals surface area (Å²) in [6.07, 6.45) is 6.17. The fourth-order valence-electron chi connectivity index (χ4n) is 2.62. The number of hydrogen-bond donors (Lipinski definition) is 0. The van der Waals surface area contributed by atoms with Gasteiger partial charge in [-0.25, -0.2) is 8.42 Å². The van der Waals surface area contributed by atoms with Crippen molar-refractivity contribution in [2.75, 3.05) is 26.2 Å². The van der Waals surface area contributed by atoms with Gasteiger partial charge in [-0.15, -0.1) is 0 Å². The number of carbonyl (C=O) groups is 1. The lowest BCUT2D eigenvalue weighted by atomic mass is 10.2. The van der Waals surface area contributed by atoms with Crippen LogP contribution in [0.1, 0.15) is 11.3 Å². The second kappa shape index (κ2) is 8.16. The molecule has 0 radical (unpaired) electrons. The Bertz CT molecular complexity index is 879. The van der Waals surface area contributed by atoms with Crippen LogP contribution >= 0.6 is 0 Å². The van der Waals surface area contributed by atoms with Gasteiger partial charge in [-0.1, -0.05) is 30.3 Å². The maximum Gasteiger partial charge on any atom is 0.246 e. The summed E-state index contributed by atoms with van der Waals surface area (Å²) in [6, 6.07) is 12.8. The zero-order chi connectivity index (χ0) is 18.4. The van der Waals surface area contributed by atoms with Crippen LogP contribution in [0.2, 0.25) is 0 Å². The van der Waals surface area contributed by atoms with Crippen LogP contribution in [0, 0.1) is 0 Å². The fraction of sp³-hybridized carbons (Fsp3) is 0.211. The van der Waals surface area contributed by atoms with Gasteiger partial charge in [0.1, 0.15) is 5.76 Å². The van der Waals surface area contributed by atoms with E-state index < -0.39 is 10.0 Å². The smallest absolute Gasteiger partial charge is 0.246 e. The summed E-state index contributed by atoms with van der Waals surface area (Å²) in [5.74, 6) is 0.448. The van der Waals surface area contributed by atoms with Crippen molar-refractivity contribution in [2.45, 2.75) is 0 Å². The minimum absolute atomic E-state index is 0.154. The van der Waals surface area contributed by atoms with E-state index in [0.29, 0.717) is 18.8 Å². The van der Waals surface area contributed by atoms with Crippen molar-refractivity contribution in [2.24, 2.45) is 0 Å². The van der Waals surface area contributed by atoms with Gasteiger partial charge in [0.05, 0.1) is 6.26 Å². The topological polar surface area (TPSA) is 70.8 Å². The van der Waals surface area contributed by atoms with Crippen LogP contribution in [0.25, 0.3) is 12.2 Å².